The number of aryl methyl sites for hydroxylation is 1. The Labute approximate surface area is 166 Å². The van der Waals surface area contributed by atoms with Crippen LogP contribution < -0.4 is 4.74 Å². The number of aromatic nitrogens is 1. The number of rotatable bonds is 5. The molecule has 1 saturated heterocycles. The number of piperidine rings is 1. The maximum atomic E-state index is 13.1. The van der Waals surface area contributed by atoms with E-state index >= 15 is 0 Å². The van der Waals surface area contributed by atoms with Crippen LogP contribution in [-0.4, -0.2) is 48.1 Å². The van der Waals surface area contributed by atoms with Gasteiger partial charge in [-0.25, -0.2) is 0 Å². The lowest BCUT2D eigenvalue weighted by atomic mass is 9.96. The van der Waals surface area contributed by atoms with Gasteiger partial charge in [0.05, 0.1) is 25.2 Å². The van der Waals surface area contributed by atoms with E-state index in [2.05, 4.69) is 4.57 Å². The summed E-state index contributed by atoms with van der Waals surface area (Å²) >= 11 is 0. The lowest BCUT2D eigenvalue weighted by Gasteiger charge is -2.31. The molecule has 150 valence electrons. The largest absolute Gasteiger partial charge is 0.497 e. The molecular formula is C22H28N2O4. The van der Waals surface area contributed by atoms with E-state index in [0.29, 0.717) is 38.1 Å². The Morgan fingerprint density at radius 2 is 1.75 bits per heavy atom. The highest BCUT2D eigenvalue weighted by Crippen LogP contribution is 2.26. The number of carbonyl (C=O) groups excluding carboxylic acids is 2. The summed E-state index contributed by atoms with van der Waals surface area (Å²) in [6.07, 6.45) is 1.31. The molecular weight excluding hydrogens is 356 g/mol. The third-order valence-corrected chi connectivity index (χ3v) is 5.39. The molecule has 3 rings (SSSR count). The van der Waals surface area contributed by atoms with Gasteiger partial charge in [0.15, 0.2) is 0 Å². The standard InChI is InChI=1S/C22H28N2O4/c1-5-28-22(26)17-10-12-23(13-11-17)21(25)20-14-15(2)24(16(20)3)18-6-8-19(27-4)9-7-18/h6-9,14,17H,5,10-13H2,1-4H3. The monoisotopic (exact) mass is 384 g/mol. The third-order valence-electron chi connectivity index (χ3n) is 5.39. The Morgan fingerprint density at radius 1 is 1.11 bits per heavy atom. The summed E-state index contributed by atoms with van der Waals surface area (Å²) in [5.74, 6) is 0.574. The smallest absolute Gasteiger partial charge is 0.309 e. The second kappa shape index (κ2) is 8.50. The van der Waals surface area contributed by atoms with Crippen molar-refractivity contribution in [3.63, 3.8) is 0 Å². The molecule has 1 aliphatic rings. The van der Waals surface area contributed by atoms with Crippen molar-refractivity contribution in [1.82, 2.24) is 9.47 Å². The predicted octanol–water partition coefficient (Wildman–Crippen LogP) is 3.52. The van der Waals surface area contributed by atoms with Crippen LogP contribution in [0.3, 0.4) is 0 Å². The number of carbonyl (C=O) groups is 2. The van der Waals surface area contributed by atoms with Gasteiger partial charge in [-0.15, -0.1) is 0 Å². The number of amides is 1. The summed E-state index contributed by atoms with van der Waals surface area (Å²) in [7, 11) is 1.64. The number of nitrogens with zero attached hydrogens (tertiary/aromatic N) is 2. The Hall–Kier alpha value is -2.76. The highest BCUT2D eigenvalue weighted by Gasteiger charge is 2.30. The molecule has 1 fully saturated rings. The summed E-state index contributed by atoms with van der Waals surface area (Å²) in [6, 6.07) is 9.74. The zero-order valence-electron chi connectivity index (χ0n) is 17.0. The highest BCUT2D eigenvalue weighted by atomic mass is 16.5. The van der Waals surface area contributed by atoms with Crippen molar-refractivity contribution < 1.29 is 19.1 Å². The SMILES string of the molecule is CCOC(=O)C1CCN(C(=O)c2cc(C)n(-c3ccc(OC)cc3)c2C)CC1. The summed E-state index contributed by atoms with van der Waals surface area (Å²) in [5, 5.41) is 0. The minimum absolute atomic E-state index is 0.0233. The van der Waals surface area contributed by atoms with E-state index < -0.39 is 0 Å². The van der Waals surface area contributed by atoms with Crippen LogP contribution in [-0.2, 0) is 9.53 Å². The molecule has 0 saturated carbocycles. The first-order valence-electron chi connectivity index (χ1n) is 9.75. The molecule has 0 bridgehead atoms. The number of hydrogen-bond acceptors (Lipinski definition) is 4. The van der Waals surface area contributed by atoms with Crippen molar-refractivity contribution in [1.29, 1.82) is 0 Å². The first-order valence-corrected chi connectivity index (χ1v) is 9.75. The van der Waals surface area contributed by atoms with Crippen molar-refractivity contribution in [3.05, 3.63) is 47.3 Å². The van der Waals surface area contributed by atoms with Crippen LogP contribution in [0.5, 0.6) is 5.75 Å². The second-order valence-electron chi connectivity index (χ2n) is 7.14. The first-order chi connectivity index (χ1) is 13.5. The predicted molar refractivity (Wildman–Crippen MR) is 107 cm³/mol. The van der Waals surface area contributed by atoms with Gasteiger partial charge >= 0.3 is 5.97 Å². The molecule has 0 N–H and O–H groups in total. The molecule has 28 heavy (non-hydrogen) atoms. The Morgan fingerprint density at radius 3 is 2.32 bits per heavy atom. The van der Waals surface area contributed by atoms with E-state index in [4.69, 9.17) is 9.47 Å². The Balaban J connectivity index is 1.75. The van der Waals surface area contributed by atoms with Crippen LogP contribution in [0.1, 0.15) is 41.5 Å². The van der Waals surface area contributed by atoms with Crippen LogP contribution in [0.2, 0.25) is 0 Å². The number of benzene rings is 1. The lowest BCUT2D eigenvalue weighted by Crippen LogP contribution is -2.40. The van der Waals surface area contributed by atoms with E-state index in [1.807, 2.05) is 56.0 Å². The minimum atomic E-state index is -0.146. The van der Waals surface area contributed by atoms with Gasteiger partial charge < -0.3 is 18.9 Å². The molecule has 0 unspecified atom stereocenters. The molecule has 0 spiro atoms. The van der Waals surface area contributed by atoms with Crippen molar-refractivity contribution in [2.24, 2.45) is 5.92 Å². The Bertz CT molecular complexity index is 846. The van der Waals surface area contributed by atoms with Gasteiger partial charge in [0.2, 0.25) is 0 Å². The number of hydrogen-bond donors (Lipinski definition) is 0. The van der Waals surface area contributed by atoms with Gasteiger partial charge in [0.25, 0.3) is 5.91 Å². The maximum absolute atomic E-state index is 13.1. The van der Waals surface area contributed by atoms with Crippen LogP contribution in [0.15, 0.2) is 30.3 Å². The van der Waals surface area contributed by atoms with E-state index in [0.717, 1.165) is 22.8 Å². The molecule has 0 aliphatic carbocycles. The van der Waals surface area contributed by atoms with Gasteiger partial charge in [-0.3, -0.25) is 9.59 Å². The first kappa shape index (κ1) is 20.0. The van der Waals surface area contributed by atoms with Gasteiger partial charge in [0, 0.05) is 30.2 Å². The normalized spacial score (nSPS) is 14.8. The van der Waals surface area contributed by atoms with Crippen LogP contribution in [0, 0.1) is 19.8 Å². The lowest BCUT2D eigenvalue weighted by molar-refractivity contribution is -0.149. The van der Waals surface area contributed by atoms with Gasteiger partial charge in [-0.05, 0) is 63.9 Å². The van der Waals surface area contributed by atoms with Crippen LogP contribution >= 0.6 is 0 Å². The summed E-state index contributed by atoms with van der Waals surface area (Å²) in [6.45, 7) is 7.34. The summed E-state index contributed by atoms with van der Waals surface area (Å²) < 4.78 is 12.4. The fraction of sp³-hybridized carbons (Fsp3) is 0.455. The third kappa shape index (κ3) is 3.91. The molecule has 6 nitrogen and oxygen atoms in total. The average Bonchev–Trinajstić information content (AvgIpc) is 3.02. The fourth-order valence-electron chi connectivity index (χ4n) is 3.86. The molecule has 1 aliphatic heterocycles. The maximum Gasteiger partial charge on any atom is 0.309 e. The second-order valence-corrected chi connectivity index (χ2v) is 7.14. The highest BCUT2D eigenvalue weighted by molar-refractivity contribution is 5.96. The molecule has 0 radical (unpaired) electrons. The topological polar surface area (TPSA) is 60.8 Å². The molecule has 0 atom stereocenters. The summed E-state index contributed by atoms with van der Waals surface area (Å²) in [4.78, 5) is 26.9. The fourth-order valence-corrected chi connectivity index (χ4v) is 3.86. The number of methoxy groups -OCH3 is 1. The van der Waals surface area contributed by atoms with Gasteiger partial charge in [0.1, 0.15) is 5.75 Å². The van der Waals surface area contributed by atoms with Gasteiger partial charge in [-0.2, -0.15) is 0 Å². The zero-order valence-corrected chi connectivity index (χ0v) is 17.0. The Kier molecular flexibility index (Phi) is 6.07. The van der Waals surface area contributed by atoms with Crippen LogP contribution in [0.25, 0.3) is 5.69 Å². The van der Waals surface area contributed by atoms with Crippen molar-refractivity contribution >= 4 is 11.9 Å². The summed E-state index contributed by atoms with van der Waals surface area (Å²) in [5.41, 5.74) is 3.63. The van der Waals surface area contributed by atoms with E-state index in [1.165, 1.54) is 0 Å². The molecule has 1 amide bonds. The number of likely N-dealkylation sites (tertiary alicyclic amines) is 1. The molecule has 2 aromatic rings. The van der Waals surface area contributed by atoms with E-state index in [9.17, 15) is 9.59 Å². The molecule has 1 aromatic carbocycles. The molecule has 1 aromatic heterocycles. The number of esters is 1. The van der Waals surface area contributed by atoms with Crippen molar-refractivity contribution in [2.45, 2.75) is 33.6 Å². The molecule has 2 heterocycles. The zero-order chi connectivity index (χ0) is 20.3. The quantitative estimate of drug-likeness (QED) is 0.740. The van der Waals surface area contributed by atoms with E-state index in [-0.39, 0.29) is 17.8 Å². The number of ether oxygens (including phenoxy) is 2. The average molecular weight is 384 g/mol. The van der Waals surface area contributed by atoms with Gasteiger partial charge in [-0.1, -0.05) is 0 Å². The van der Waals surface area contributed by atoms with Crippen molar-refractivity contribution in [2.75, 3.05) is 26.8 Å². The molecule has 6 heteroatoms. The van der Waals surface area contributed by atoms with Crippen LogP contribution in [0.4, 0.5) is 0 Å². The van der Waals surface area contributed by atoms with E-state index in [1.54, 1.807) is 7.11 Å². The van der Waals surface area contributed by atoms with Crippen molar-refractivity contribution in [3.8, 4) is 11.4 Å². The minimum Gasteiger partial charge on any atom is -0.497 e.